The molecule has 2 aliphatic rings. The van der Waals surface area contributed by atoms with E-state index in [4.69, 9.17) is 0 Å². The predicted octanol–water partition coefficient (Wildman–Crippen LogP) is 3.78. The fourth-order valence-electron chi connectivity index (χ4n) is 4.69. The lowest BCUT2D eigenvalue weighted by Crippen LogP contribution is -2.36. The minimum Gasteiger partial charge on any atom is -0.337 e. The van der Waals surface area contributed by atoms with Gasteiger partial charge < -0.3 is 9.88 Å². The van der Waals surface area contributed by atoms with Crippen molar-refractivity contribution in [2.45, 2.75) is 38.4 Å². The van der Waals surface area contributed by atoms with Crippen molar-refractivity contribution < 1.29 is 0 Å². The largest absolute Gasteiger partial charge is 0.337 e. The molecule has 1 N–H and O–H groups in total. The summed E-state index contributed by atoms with van der Waals surface area (Å²) in [4.78, 5) is 7.30. The van der Waals surface area contributed by atoms with Crippen LogP contribution in [0.2, 0.25) is 0 Å². The minimum absolute atomic E-state index is 0.544. The van der Waals surface area contributed by atoms with Crippen molar-refractivity contribution in [3.05, 3.63) is 53.4 Å². The average Bonchev–Trinajstić information content (AvgIpc) is 3.00. The number of rotatable bonds is 5. The van der Waals surface area contributed by atoms with E-state index in [1.165, 1.54) is 53.8 Å². The van der Waals surface area contributed by atoms with Crippen LogP contribution in [0.25, 0.3) is 10.1 Å². The van der Waals surface area contributed by atoms with Gasteiger partial charge in [0.2, 0.25) is 0 Å². The average molecular weight is 367 g/mol. The van der Waals surface area contributed by atoms with Crippen molar-refractivity contribution in [1.82, 2.24) is 19.8 Å². The lowest BCUT2D eigenvalue weighted by Gasteiger charge is -2.29. The standard InChI is InChI=1S/C21H26N4S/c1-24-11-10-23-20(24)14-25(19-12-21(19)6-8-22-9-7-21)13-16-15-26-18-5-3-2-4-17(16)18/h2-5,10-11,15,19,22H,6-9,12-14H2,1H3/t19-/m0/s1. The van der Waals surface area contributed by atoms with Gasteiger partial charge in [0.05, 0.1) is 6.54 Å². The highest BCUT2D eigenvalue weighted by Gasteiger charge is 2.56. The second-order valence-corrected chi connectivity index (χ2v) is 8.86. The first-order chi connectivity index (χ1) is 12.8. The normalized spacial score (nSPS) is 21.7. The Labute approximate surface area is 158 Å². The summed E-state index contributed by atoms with van der Waals surface area (Å²) in [5, 5.41) is 7.30. The van der Waals surface area contributed by atoms with E-state index in [1.54, 1.807) is 0 Å². The summed E-state index contributed by atoms with van der Waals surface area (Å²) in [6.45, 7) is 4.31. The molecule has 1 aliphatic carbocycles. The Kier molecular flexibility index (Phi) is 4.11. The van der Waals surface area contributed by atoms with Crippen LogP contribution < -0.4 is 5.32 Å². The Hall–Kier alpha value is -1.69. The van der Waals surface area contributed by atoms with E-state index >= 15 is 0 Å². The number of nitrogens with one attached hydrogen (secondary N) is 1. The molecule has 26 heavy (non-hydrogen) atoms. The molecule has 4 nitrogen and oxygen atoms in total. The molecule has 0 amide bonds. The molecule has 1 saturated heterocycles. The number of piperidine rings is 1. The highest BCUT2D eigenvalue weighted by Crippen LogP contribution is 2.56. The molecule has 5 heteroatoms. The van der Waals surface area contributed by atoms with Crippen LogP contribution in [0, 0.1) is 5.41 Å². The van der Waals surface area contributed by atoms with Gasteiger partial charge in [0.15, 0.2) is 0 Å². The number of aryl methyl sites for hydroxylation is 1. The first kappa shape index (κ1) is 16.5. The van der Waals surface area contributed by atoms with Gasteiger partial charge in [-0.05, 0) is 60.2 Å². The molecule has 1 atom stereocenters. The molecule has 136 valence electrons. The van der Waals surface area contributed by atoms with Crippen LogP contribution in [0.3, 0.4) is 0 Å². The number of benzene rings is 1. The Morgan fingerprint density at radius 3 is 2.92 bits per heavy atom. The minimum atomic E-state index is 0.544. The van der Waals surface area contributed by atoms with Gasteiger partial charge in [0.25, 0.3) is 0 Å². The highest BCUT2D eigenvalue weighted by atomic mass is 32.1. The fourth-order valence-corrected chi connectivity index (χ4v) is 5.64. The van der Waals surface area contributed by atoms with Gasteiger partial charge in [-0.25, -0.2) is 4.98 Å². The van der Waals surface area contributed by atoms with E-state index < -0.39 is 0 Å². The topological polar surface area (TPSA) is 33.1 Å². The van der Waals surface area contributed by atoms with Gasteiger partial charge in [-0.1, -0.05) is 18.2 Å². The second kappa shape index (κ2) is 6.48. The van der Waals surface area contributed by atoms with Crippen LogP contribution in [0.4, 0.5) is 0 Å². The summed E-state index contributed by atoms with van der Waals surface area (Å²) in [7, 11) is 2.10. The smallest absolute Gasteiger partial charge is 0.122 e. The molecule has 1 spiro atoms. The molecule has 1 saturated carbocycles. The van der Waals surface area contributed by atoms with Crippen LogP contribution in [0.15, 0.2) is 42.0 Å². The summed E-state index contributed by atoms with van der Waals surface area (Å²) in [5.74, 6) is 1.17. The molecular formula is C21H26N4S. The number of aromatic nitrogens is 2. The molecule has 5 rings (SSSR count). The predicted molar refractivity (Wildman–Crippen MR) is 107 cm³/mol. The Bertz CT molecular complexity index is 906. The molecule has 0 unspecified atom stereocenters. The monoisotopic (exact) mass is 366 g/mol. The molecule has 0 radical (unpaired) electrons. The number of nitrogens with zero attached hydrogens (tertiary/aromatic N) is 3. The lowest BCUT2D eigenvalue weighted by molar-refractivity contribution is 0.183. The van der Waals surface area contributed by atoms with E-state index in [1.807, 2.05) is 17.5 Å². The maximum Gasteiger partial charge on any atom is 0.122 e. The maximum absolute atomic E-state index is 4.60. The summed E-state index contributed by atoms with van der Waals surface area (Å²) in [5.41, 5.74) is 2.01. The summed E-state index contributed by atoms with van der Waals surface area (Å²) >= 11 is 1.87. The van der Waals surface area contributed by atoms with E-state index in [9.17, 15) is 0 Å². The zero-order valence-electron chi connectivity index (χ0n) is 15.3. The van der Waals surface area contributed by atoms with Gasteiger partial charge >= 0.3 is 0 Å². The van der Waals surface area contributed by atoms with E-state index in [2.05, 4.69) is 62.7 Å². The Morgan fingerprint density at radius 1 is 1.27 bits per heavy atom. The third-order valence-corrected chi connectivity index (χ3v) is 7.40. The number of imidazole rings is 1. The maximum atomic E-state index is 4.60. The van der Waals surface area contributed by atoms with Crippen molar-refractivity contribution in [2.24, 2.45) is 12.5 Å². The molecule has 3 aromatic rings. The first-order valence-electron chi connectivity index (χ1n) is 9.61. The Morgan fingerprint density at radius 2 is 2.12 bits per heavy atom. The zero-order valence-corrected chi connectivity index (χ0v) is 16.1. The van der Waals surface area contributed by atoms with Gasteiger partial charge in [-0.15, -0.1) is 11.3 Å². The van der Waals surface area contributed by atoms with Crippen molar-refractivity contribution in [1.29, 1.82) is 0 Å². The van der Waals surface area contributed by atoms with Crippen molar-refractivity contribution >= 4 is 21.4 Å². The van der Waals surface area contributed by atoms with Gasteiger partial charge in [-0.2, -0.15) is 0 Å². The molecule has 2 aromatic heterocycles. The quantitative estimate of drug-likeness (QED) is 0.746. The third-order valence-electron chi connectivity index (χ3n) is 6.39. The molecule has 1 aliphatic heterocycles. The van der Waals surface area contributed by atoms with Crippen LogP contribution >= 0.6 is 11.3 Å². The fraction of sp³-hybridized carbons (Fsp3) is 0.476. The number of fused-ring (bicyclic) bond motifs is 1. The van der Waals surface area contributed by atoms with Gasteiger partial charge in [-0.3, -0.25) is 4.90 Å². The Balaban J connectivity index is 1.43. The summed E-state index contributed by atoms with van der Waals surface area (Å²) in [6.07, 6.45) is 7.96. The van der Waals surface area contributed by atoms with Gasteiger partial charge in [0, 0.05) is 36.7 Å². The van der Waals surface area contributed by atoms with Crippen molar-refractivity contribution in [2.75, 3.05) is 13.1 Å². The molecular weight excluding hydrogens is 340 g/mol. The van der Waals surface area contributed by atoms with Crippen LogP contribution in [-0.4, -0.2) is 33.6 Å². The summed E-state index contributed by atoms with van der Waals surface area (Å²) in [6, 6.07) is 9.50. The number of hydrogen-bond acceptors (Lipinski definition) is 4. The van der Waals surface area contributed by atoms with E-state index in [0.717, 1.165) is 13.1 Å². The van der Waals surface area contributed by atoms with Crippen LogP contribution in [0.1, 0.15) is 30.7 Å². The van der Waals surface area contributed by atoms with Crippen molar-refractivity contribution in [3.63, 3.8) is 0 Å². The third kappa shape index (κ3) is 2.88. The second-order valence-electron chi connectivity index (χ2n) is 7.95. The molecule has 0 bridgehead atoms. The first-order valence-corrected chi connectivity index (χ1v) is 10.5. The van der Waals surface area contributed by atoms with Crippen molar-refractivity contribution in [3.8, 4) is 0 Å². The highest BCUT2D eigenvalue weighted by molar-refractivity contribution is 7.17. The van der Waals surface area contributed by atoms with E-state index in [-0.39, 0.29) is 0 Å². The molecule has 3 heterocycles. The number of hydrogen-bond donors (Lipinski definition) is 1. The zero-order chi connectivity index (χ0) is 17.6. The lowest BCUT2D eigenvalue weighted by atomic mass is 9.93. The SMILES string of the molecule is Cn1ccnc1CN(Cc1csc2ccccc12)[C@H]1CC12CCNCC2. The van der Waals surface area contributed by atoms with Crippen LogP contribution in [-0.2, 0) is 20.1 Å². The summed E-state index contributed by atoms with van der Waals surface area (Å²) < 4.78 is 3.56. The van der Waals surface area contributed by atoms with E-state index in [0.29, 0.717) is 11.5 Å². The van der Waals surface area contributed by atoms with Crippen LogP contribution in [0.5, 0.6) is 0 Å². The van der Waals surface area contributed by atoms with Gasteiger partial charge in [0.1, 0.15) is 5.82 Å². The molecule has 1 aromatic carbocycles. The number of thiophene rings is 1. The molecule has 2 fully saturated rings.